The summed E-state index contributed by atoms with van der Waals surface area (Å²) in [6.07, 6.45) is 2.05. The highest BCUT2D eigenvalue weighted by Crippen LogP contribution is 2.24. The van der Waals surface area contributed by atoms with E-state index in [0.29, 0.717) is 13.0 Å². The van der Waals surface area contributed by atoms with Gasteiger partial charge < -0.3 is 15.4 Å². The van der Waals surface area contributed by atoms with Crippen LogP contribution in [0.1, 0.15) is 45.6 Å². The van der Waals surface area contributed by atoms with Gasteiger partial charge in [0.2, 0.25) is 0 Å². The fraction of sp³-hybridized carbons (Fsp3) is 0.579. The van der Waals surface area contributed by atoms with Gasteiger partial charge >= 0.3 is 5.97 Å². The number of nitrogens with zero attached hydrogens (tertiary/aromatic N) is 1. The summed E-state index contributed by atoms with van der Waals surface area (Å²) >= 11 is 0. The highest BCUT2D eigenvalue weighted by Gasteiger charge is 2.21. The van der Waals surface area contributed by atoms with Crippen LogP contribution in [0.5, 0.6) is 0 Å². The number of benzene rings is 1. The number of hydrogen-bond acceptors (Lipinski definition) is 3. The number of aliphatic imine (C=N–C) groups is 1. The minimum absolute atomic E-state index is 0. The Morgan fingerprint density at radius 2 is 2.00 bits per heavy atom. The average Bonchev–Trinajstić information content (AvgIpc) is 2.59. The Labute approximate surface area is 173 Å². The molecule has 0 atom stereocenters. The molecule has 0 aliphatic rings. The summed E-state index contributed by atoms with van der Waals surface area (Å²) in [5.74, 6) is 0.313. The van der Waals surface area contributed by atoms with Crippen molar-refractivity contribution in [3.8, 4) is 0 Å². The molecule has 0 heterocycles. The number of methoxy groups -OCH3 is 1. The number of unbranched alkanes of at least 4 members (excludes halogenated alkanes) is 1. The third-order valence-corrected chi connectivity index (χ3v) is 3.91. The SMILES string of the molecule is CCNC(=NCC(C)(C)c1cccc(F)c1)NCCCCC(=O)OC.I. The lowest BCUT2D eigenvalue weighted by Gasteiger charge is -2.24. The molecule has 0 aliphatic carbocycles. The van der Waals surface area contributed by atoms with Crippen LogP contribution in [0.2, 0.25) is 0 Å². The van der Waals surface area contributed by atoms with Crippen molar-refractivity contribution < 1.29 is 13.9 Å². The van der Waals surface area contributed by atoms with Crippen molar-refractivity contribution in [1.29, 1.82) is 0 Å². The molecular weight excluding hydrogens is 448 g/mol. The minimum Gasteiger partial charge on any atom is -0.469 e. The van der Waals surface area contributed by atoms with Crippen LogP contribution in [0.15, 0.2) is 29.3 Å². The summed E-state index contributed by atoms with van der Waals surface area (Å²) in [5, 5.41) is 6.46. The van der Waals surface area contributed by atoms with E-state index in [-0.39, 0.29) is 41.2 Å². The Bertz CT molecular complexity index is 580. The molecule has 0 unspecified atom stereocenters. The predicted octanol–water partition coefficient (Wildman–Crippen LogP) is 3.62. The van der Waals surface area contributed by atoms with Crippen molar-refractivity contribution in [1.82, 2.24) is 10.6 Å². The van der Waals surface area contributed by atoms with Gasteiger partial charge in [-0.2, -0.15) is 0 Å². The van der Waals surface area contributed by atoms with Crippen LogP contribution < -0.4 is 10.6 Å². The van der Waals surface area contributed by atoms with Crippen molar-refractivity contribution in [2.75, 3.05) is 26.7 Å². The zero-order chi connectivity index (χ0) is 18.7. The van der Waals surface area contributed by atoms with Gasteiger partial charge in [-0.3, -0.25) is 9.79 Å². The lowest BCUT2D eigenvalue weighted by Crippen LogP contribution is -2.39. The van der Waals surface area contributed by atoms with Crippen LogP contribution in [0.25, 0.3) is 0 Å². The van der Waals surface area contributed by atoms with E-state index in [4.69, 9.17) is 0 Å². The van der Waals surface area contributed by atoms with E-state index in [0.717, 1.165) is 37.5 Å². The molecule has 1 aromatic rings. The number of rotatable bonds is 9. The summed E-state index contributed by atoms with van der Waals surface area (Å²) in [7, 11) is 1.40. The normalized spacial score (nSPS) is 11.5. The number of carbonyl (C=O) groups excluding carboxylic acids is 1. The number of carbonyl (C=O) groups is 1. The molecule has 1 rings (SSSR count). The van der Waals surface area contributed by atoms with Gasteiger partial charge in [-0.05, 0) is 37.5 Å². The molecule has 7 heteroatoms. The van der Waals surface area contributed by atoms with Crippen LogP contribution in [0, 0.1) is 5.82 Å². The molecular formula is C19H31FIN3O2. The molecule has 0 saturated carbocycles. The Morgan fingerprint density at radius 3 is 2.62 bits per heavy atom. The molecule has 0 amide bonds. The molecule has 5 nitrogen and oxygen atoms in total. The van der Waals surface area contributed by atoms with Crippen molar-refractivity contribution in [2.24, 2.45) is 4.99 Å². The second kappa shape index (κ2) is 12.9. The number of hydrogen-bond donors (Lipinski definition) is 2. The molecule has 26 heavy (non-hydrogen) atoms. The molecule has 0 bridgehead atoms. The Morgan fingerprint density at radius 1 is 1.27 bits per heavy atom. The van der Waals surface area contributed by atoms with E-state index in [9.17, 15) is 9.18 Å². The van der Waals surface area contributed by atoms with E-state index < -0.39 is 0 Å². The third kappa shape index (κ3) is 9.35. The lowest BCUT2D eigenvalue weighted by atomic mass is 9.85. The summed E-state index contributed by atoms with van der Waals surface area (Å²) in [5.41, 5.74) is 0.653. The van der Waals surface area contributed by atoms with Crippen molar-refractivity contribution in [3.63, 3.8) is 0 Å². The highest BCUT2D eigenvalue weighted by molar-refractivity contribution is 14.0. The molecule has 0 fully saturated rings. The number of ether oxygens (including phenoxy) is 1. The van der Waals surface area contributed by atoms with Crippen molar-refractivity contribution in [3.05, 3.63) is 35.6 Å². The highest BCUT2D eigenvalue weighted by atomic mass is 127. The van der Waals surface area contributed by atoms with E-state index in [1.165, 1.54) is 13.2 Å². The zero-order valence-electron chi connectivity index (χ0n) is 16.1. The zero-order valence-corrected chi connectivity index (χ0v) is 18.4. The Hall–Kier alpha value is -1.38. The Balaban J connectivity index is 0.00000625. The van der Waals surface area contributed by atoms with Crippen molar-refractivity contribution in [2.45, 2.75) is 45.4 Å². The molecule has 1 aromatic carbocycles. The van der Waals surface area contributed by atoms with Gasteiger partial charge in [-0.25, -0.2) is 4.39 Å². The van der Waals surface area contributed by atoms with E-state index in [1.807, 2.05) is 26.8 Å². The summed E-state index contributed by atoms with van der Waals surface area (Å²) < 4.78 is 18.1. The number of guanidine groups is 1. The second-order valence-electron chi connectivity index (χ2n) is 6.55. The fourth-order valence-corrected chi connectivity index (χ4v) is 2.32. The van der Waals surface area contributed by atoms with Crippen LogP contribution >= 0.6 is 24.0 Å². The second-order valence-corrected chi connectivity index (χ2v) is 6.55. The van der Waals surface area contributed by atoms with Gasteiger partial charge in [-0.1, -0.05) is 26.0 Å². The van der Waals surface area contributed by atoms with Crippen LogP contribution in [-0.4, -0.2) is 38.7 Å². The molecule has 0 radical (unpaired) electrons. The maximum Gasteiger partial charge on any atom is 0.305 e. The fourth-order valence-electron chi connectivity index (χ4n) is 2.32. The third-order valence-electron chi connectivity index (χ3n) is 3.91. The van der Waals surface area contributed by atoms with Gasteiger partial charge in [0, 0.05) is 24.9 Å². The number of halogens is 2. The van der Waals surface area contributed by atoms with Gasteiger partial charge in [0.25, 0.3) is 0 Å². The first-order valence-electron chi connectivity index (χ1n) is 8.74. The van der Waals surface area contributed by atoms with Gasteiger partial charge in [0.05, 0.1) is 13.7 Å². The minimum atomic E-state index is -0.269. The van der Waals surface area contributed by atoms with E-state index in [2.05, 4.69) is 20.4 Å². The predicted molar refractivity (Wildman–Crippen MR) is 115 cm³/mol. The van der Waals surface area contributed by atoms with Gasteiger partial charge in [-0.15, -0.1) is 24.0 Å². The molecule has 0 aliphatic heterocycles. The van der Waals surface area contributed by atoms with Crippen LogP contribution in [-0.2, 0) is 14.9 Å². The first kappa shape index (κ1) is 24.6. The monoisotopic (exact) mass is 479 g/mol. The quantitative estimate of drug-likeness (QED) is 0.187. The number of esters is 1. The number of nitrogens with one attached hydrogen (secondary N) is 2. The molecule has 2 N–H and O–H groups in total. The maximum atomic E-state index is 13.4. The van der Waals surface area contributed by atoms with Gasteiger partial charge in [0.1, 0.15) is 5.82 Å². The average molecular weight is 479 g/mol. The Kier molecular flexibility index (Phi) is 12.2. The van der Waals surface area contributed by atoms with E-state index >= 15 is 0 Å². The standard InChI is InChI=1S/C19H30FN3O2.HI/c1-5-21-18(22-12-7-6-11-17(24)25-4)23-14-19(2,3)15-9-8-10-16(20)13-15;/h8-10,13H,5-7,11-12,14H2,1-4H3,(H2,21,22,23);1H. The smallest absolute Gasteiger partial charge is 0.305 e. The van der Waals surface area contributed by atoms with Crippen LogP contribution in [0.4, 0.5) is 4.39 Å². The summed E-state index contributed by atoms with van der Waals surface area (Å²) in [4.78, 5) is 15.7. The van der Waals surface area contributed by atoms with E-state index in [1.54, 1.807) is 12.1 Å². The van der Waals surface area contributed by atoms with Crippen LogP contribution in [0.3, 0.4) is 0 Å². The topological polar surface area (TPSA) is 62.7 Å². The van der Waals surface area contributed by atoms with Crippen molar-refractivity contribution >= 4 is 35.9 Å². The maximum absolute atomic E-state index is 13.4. The largest absolute Gasteiger partial charge is 0.469 e. The first-order valence-corrected chi connectivity index (χ1v) is 8.74. The summed E-state index contributed by atoms with van der Waals surface area (Å²) in [6, 6.07) is 6.65. The molecule has 0 aromatic heterocycles. The summed E-state index contributed by atoms with van der Waals surface area (Å²) in [6.45, 7) is 8.12. The van der Waals surface area contributed by atoms with Gasteiger partial charge in [0.15, 0.2) is 5.96 Å². The molecule has 0 spiro atoms. The molecule has 148 valence electrons. The first-order chi connectivity index (χ1) is 11.9. The lowest BCUT2D eigenvalue weighted by molar-refractivity contribution is -0.140. The molecule has 0 saturated heterocycles.